The number of carboxylic acids is 1. The van der Waals surface area contributed by atoms with Crippen molar-refractivity contribution >= 4 is 17.7 Å². The molecule has 1 aromatic rings. The first-order chi connectivity index (χ1) is 8.08. The van der Waals surface area contributed by atoms with Crippen molar-refractivity contribution in [3.63, 3.8) is 0 Å². The number of aryl methyl sites for hydroxylation is 1. The second-order valence-electron chi connectivity index (χ2n) is 4.16. The van der Waals surface area contributed by atoms with Crippen LogP contribution in [-0.2, 0) is 4.79 Å². The van der Waals surface area contributed by atoms with Crippen LogP contribution in [-0.4, -0.2) is 28.6 Å². The first-order valence-corrected chi connectivity index (χ1v) is 6.56. The summed E-state index contributed by atoms with van der Waals surface area (Å²) in [6.45, 7) is 1.71. The van der Waals surface area contributed by atoms with Gasteiger partial charge in [-0.15, -0.1) is 0 Å². The number of hydrogen-bond donors (Lipinski definition) is 2. The third-order valence-corrected chi connectivity index (χ3v) is 4.01. The molecule has 2 rings (SSSR count). The lowest BCUT2D eigenvalue weighted by Gasteiger charge is -2.28. The van der Waals surface area contributed by atoms with Gasteiger partial charge in [0.1, 0.15) is 11.9 Å². The van der Waals surface area contributed by atoms with Crippen molar-refractivity contribution in [3.8, 4) is 0 Å². The molecule has 0 saturated carbocycles. The summed E-state index contributed by atoms with van der Waals surface area (Å²) in [5.41, 5.74) is 1.42. The number of hydrogen-bond acceptors (Lipinski definition) is 3. The molecule has 2 atom stereocenters. The molecule has 0 aromatic heterocycles. The van der Waals surface area contributed by atoms with Crippen LogP contribution in [0.15, 0.2) is 18.2 Å². The molecule has 1 aromatic carbocycles. The van der Waals surface area contributed by atoms with E-state index in [1.54, 1.807) is 24.8 Å². The van der Waals surface area contributed by atoms with Gasteiger partial charge in [-0.25, -0.2) is 4.39 Å². The maximum atomic E-state index is 13.4. The Morgan fingerprint density at radius 3 is 2.94 bits per heavy atom. The smallest absolute Gasteiger partial charge is 0.321 e. The van der Waals surface area contributed by atoms with Gasteiger partial charge in [-0.3, -0.25) is 10.1 Å². The highest BCUT2D eigenvalue weighted by Gasteiger charge is 2.27. The van der Waals surface area contributed by atoms with Gasteiger partial charge in [0.05, 0.1) is 0 Å². The lowest BCUT2D eigenvalue weighted by atomic mass is 10.0. The lowest BCUT2D eigenvalue weighted by Crippen LogP contribution is -2.45. The first kappa shape index (κ1) is 12.4. The van der Waals surface area contributed by atoms with E-state index in [0.717, 1.165) is 11.3 Å². The van der Waals surface area contributed by atoms with Crippen molar-refractivity contribution in [2.24, 2.45) is 0 Å². The number of carboxylic acid groups (broad SMARTS) is 1. The average Bonchev–Trinajstić information content (AvgIpc) is 2.33. The van der Waals surface area contributed by atoms with Gasteiger partial charge in [0, 0.05) is 17.5 Å². The van der Waals surface area contributed by atoms with Gasteiger partial charge in [0.25, 0.3) is 0 Å². The third-order valence-electron chi connectivity index (χ3n) is 2.87. The molecule has 0 amide bonds. The molecule has 0 bridgehead atoms. The van der Waals surface area contributed by atoms with Gasteiger partial charge < -0.3 is 5.11 Å². The Kier molecular flexibility index (Phi) is 3.69. The van der Waals surface area contributed by atoms with Crippen molar-refractivity contribution in [1.29, 1.82) is 0 Å². The van der Waals surface area contributed by atoms with Gasteiger partial charge in [-0.05, 0) is 24.1 Å². The molecule has 1 fully saturated rings. The highest BCUT2D eigenvalue weighted by Crippen LogP contribution is 2.25. The average molecular weight is 255 g/mol. The molecule has 0 radical (unpaired) electrons. The van der Waals surface area contributed by atoms with E-state index in [1.165, 1.54) is 6.07 Å². The Morgan fingerprint density at radius 1 is 1.53 bits per heavy atom. The number of rotatable bonds is 2. The van der Waals surface area contributed by atoms with Crippen LogP contribution in [0.4, 0.5) is 4.39 Å². The molecule has 3 nitrogen and oxygen atoms in total. The van der Waals surface area contributed by atoms with Gasteiger partial charge in [0.15, 0.2) is 0 Å². The van der Waals surface area contributed by atoms with Gasteiger partial charge in [-0.2, -0.15) is 11.8 Å². The zero-order valence-corrected chi connectivity index (χ0v) is 10.3. The molecule has 1 heterocycles. The minimum atomic E-state index is -0.852. The number of nitrogens with one attached hydrogen (secondary N) is 1. The second kappa shape index (κ2) is 5.06. The van der Waals surface area contributed by atoms with Crippen molar-refractivity contribution in [1.82, 2.24) is 5.32 Å². The van der Waals surface area contributed by atoms with Crippen molar-refractivity contribution in [2.75, 3.05) is 11.5 Å². The molecule has 1 saturated heterocycles. The van der Waals surface area contributed by atoms with E-state index < -0.39 is 12.0 Å². The Morgan fingerprint density at radius 2 is 2.29 bits per heavy atom. The zero-order valence-electron chi connectivity index (χ0n) is 9.44. The fourth-order valence-corrected chi connectivity index (χ4v) is 2.94. The Bertz CT molecular complexity index is 439. The van der Waals surface area contributed by atoms with Crippen LogP contribution < -0.4 is 5.32 Å². The fourth-order valence-electron chi connectivity index (χ4n) is 1.80. The zero-order chi connectivity index (χ0) is 12.4. The first-order valence-electron chi connectivity index (χ1n) is 5.40. The topological polar surface area (TPSA) is 49.3 Å². The number of thioether (sulfide) groups is 1. The maximum absolute atomic E-state index is 13.4. The summed E-state index contributed by atoms with van der Waals surface area (Å²) in [7, 11) is 0. The third kappa shape index (κ3) is 2.79. The molecule has 2 N–H and O–H groups in total. The predicted molar refractivity (Wildman–Crippen MR) is 65.8 cm³/mol. The van der Waals surface area contributed by atoms with Crippen LogP contribution in [0, 0.1) is 12.7 Å². The second-order valence-corrected chi connectivity index (χ2v) is 5.23. The van der Waals surface area contributed by atoms with Crippen molar-refractivity contribution < 1.29 is 14.3 Å². The molecule has 0 spiro atoms. The highest BCUT2D eigenvalue weighted by molar-refractivity contribution is 7.99. The van der Waals surface area contributed by atoms with Gasteiger partial charge >= 0.3 is 5.97 Å². The molecule has 0 aliphatic carbocycles. The Balaban J connectivity index is 2.16. The van der Waals surface area contributed by atoms with Crippen LogP contribution in [0.3, 0.4) is 0 Å². The fraction of sp³-hybridized carbons (Fsp3) is 0.417. The monoisotopic (exact) mass is 255 g/mol. The highest BCUT2D eigenvalue weighted by atomic mass is 32.2. The number of benzene rings is 1. The molecule has 17 heavy (non-hydrogen) atoms. The molecule has 5 heteroatoms. The SMILES string of the molecule is Cc1ccc(C2CSCC(C(=O)O)N2)cc1F. The molecular formula is C12H14FNO2S. The van der Waals surface area contributed by atoms with E-state index in [4.69, 9.17) is 5.11 Å². The van der Waals surface area contributed by atoms with Crippen LogP contribution in [0.25, 0.3) is 0 Å². The normalized spacial score (nSPS) is 24.6. The Labute approximate surface area is 103 Å². The van der Waals surface area contributed by atoms with E-state index in [9.17, 15) is 9.18 Å². The van der Waals surface area contributed by atoms with E-state index >= 15 is 0 Å². The lowest BCUT2D eigenvalue weighted by molar-refractivity contribution is -0.139. The molecule has 2 unspecified atom stereocenters. The van der Waals surface area contributed by atoms with Crippen molar-refractivity contribution in [3.05, 3.63) is 35.1 Å². The predicted octanol–water partition coefficient (Wildman–Crippen LogP) is 1.96. The largest absolute Gasteiger partial charge is 0.480 e. The summed E-state index contributed by atoms with van der Waals surface area (Å²) in [6, 6.07) is 4.41. The molecule has 1 aliphatic rings. The standard InChI is InChI=1S/C12H14FNO2S/c1-7-2-3-8(4-9(7)13)10-5-17-6-11(14-10)12(15)16/h2-4,10-11,14H,5-6H2,1H3,(H,15,16). The summed E-state index contributed by atoms with van der Waals surface area (Å²) in [5.74, 6) is 0.230. The minimum absolute atomic E-state index is 0.0926. The van der Waals surface area contributed by atoms with Crippen LogP contribution in [0.5, 0.6) is 0 Å². The van der Waals surface area contributed by atoms with E-state index in [2.05, 4.69) is 5.32 Å². The minimum Gasteiger partial charge on any atom is -0.480 e. The molecule has 1 aliphatic heterocycles. The quantitative estimate of drug-likeness (QED) is 0.848. The summed E-state index contributed by atoms with van der Waals surface area (Å²) in [4.78, 5) is 10.9. The van der Waals surface area contributed by atoms with Crippen molar-refractivity contribution in [2.45, 2.75) is 19.0 Å². The van der Waals surface area contributed by atoms with Gasteiger partial charge in [-0.1, -0.05) is 12.1 Å². The number of aliphatic carboxylic acids is 1. The summed E-state index contributed by atoms with van der Waals surface area (Å²) < 4.78 is 13.4. The van der Waals surface area contributed by atoms with Crippen LogP contribution in [0.2, 0.25) is 0 Å². The Hall–Kier alpha value is -1.07. The summed E-state index contributed by atoms with van der Waals surface area (Å²) in [5, 5.41) is 12.0. The van der Waals surface area contributed by atoms with E-state index in [1.807, 2.05) is 6.07 Å². The molecule has 92 valence electrons. The van der Waals surface area contributed by atoms with Crippen LogP contribution in [0.1, 0.15) is 17.2 Å². The molecular weight excluding hydrogens is 241 g/mol. The van der Waals surface area contributed by atoms with E-state index in [-0.39, 0.29) is 11.9 Å². The number of carbonyl (C=O) groups is 1. The van der Waals surface area contributed by atoms with Gasteiger partial charge in [0.2, 0.25) is 0 Å². The summed E-state index contributed by atoms with van der Waals surface area (Å²) in [6.07, 6.45) is 0. The summed E-state index contributed by atoms with van der Waals surface area (Å²) >= 11 is 1.58. The van der Waals surface area contributed by atoms with Crippen LogP contribution >= 0.6 is 11.8 Å². The maximum Gasteiger partial charge on any atom is 0.321 e. The number of halogens is 1. The van der Waals surface area contributed by atoms with E-state index in [0.29, 0.717) is 11.3 Å².